The largest absolute Gasteiger partial charge is 0.358 e. The molecule has 1 aliphatic heterocycles. The Morgan fingerprint density at radius 3 is 2.74 bits per heavy atom. The molecular weight excluding hydrogens is 308 g/mol. The fourth-order valence-electron chi connectivity index (χ4n) is 4.15. The Labute approximate surface area is 142 Å². The molecule has 1 aromatic heterocycles. The van der Waals surface area contributed by atoms with Gasteiger partial charge in [0.15, 0.2) is 0 Å². The number of fused-ring (bicyclic) bond motifs is 3. The maximum atomic E-state index is 12.9. The Morgan fingerprint density at radius 1 is 1.17 bits per heavy atom. The van der Waals surface area contributed by atoms with Crippen LogP contribution < -0.4 is 0 Å². The zero-order valence-electron chi connectivity index (χ0n) is 13.4. The zero-order valence-corrected chi connectivity index (χ0v) is 14.2. The Hall–Kier alpha value is -1.48. The summed E-state index contributed by atoms with van der Waals surface area (Å²) in [6.45, 7) is 1.89. The molecule has 2 aromatic rings. The van der Waals surface area contributed by atoms with Crippen LogP contribution in [0, 0.1) is 5.92 Å². The molecule has 122 valence electrons. The molecule has 1 unspecified atom stereocenters. The van der Waals surface area contributed by atoms with Gasteiger partial charge in [0, 0.05) is 40.6 Å². The molecule has 1 amide bonds. The van der Waals surface area contributed by atoms with E-state index in [9.17, 15) is 4.79 Å². The van der Waals surface area contributed by atoms with Crippen molar-refractivity contribution < 1.29 is 4.79 Å². The lowest BCUT2D eigenvalue weighted by atomic mass is 9.85. The van der Waals surface area contributed by atoms with E-state index in [0.29, 0.717) is 5.91 Å². The maximum absolute atomic E-state index is 12.9. The molecule has 0 bridgehead atoms. The van der Waals surface area contributed by atoms with Crippen LogP contribution in [-0.2, 0) is 17.6 Å². The molecule has 2 heterocycles. The third-order valence-electron chi connectivity index (χ3n) is 5.42. The van der Waals surface area contributed by atoms with Crippen molar-refractivity contribution in [1.82, 2.24) is 9.88 Å². The lowest BCUT2D eigenvalue weighted by molar-refractivity contribution is -0.135. The van der Waals surface area contributed by atoms with Crippen LogP contribution in [0.3, 0.4) is 0 Å². The van der Waals surface area contributed by atoms with Gasteiger partial charge in [0.1, 0.15) is 0 Å². The maximum Gasteiger partial charge on any atom is 0.226 e. The number of aryl methyl sites for hydroxylation is 1. The Kier molecular flexibility index (Phi) is 4.06. The van der Waals surface area contributed by atoms with Gasteiger partial charge in [-0.15, -0.1) is 0 Å². The summed E-state index contributed by atoms with van der Waals surface area (Å²) in [7, 11) is 0. The minimum atomic E-state index is 0.138. The number of rotatable bonds is 1. The van der Waals surface area contributed by atoms with Crippen LogP contribution >= 0.6 is 11.6 Å². The highest BCUT2D eigenvalue weighted by Crippen LogP contribution is 2.34. The summed E-state index contributed by atoms with van der Waals surface area (Å²) in [5.74, 6) is 0.507. The summed E-state index contributed by atoms with van der Waals surface area (Å²) in [5, 5.41) is 1.96. The van der Waals surface area contributed by atoms with Crippen molar-refractivity contribution in [3.05, 3.63) is 34.5 Å². The molecule has 4 heteroatoms. The zero-order chi connectivity index (χ0) is 15.8. The minimum absolute atomic E-state index is 0.138. The van der Waals surface area contributed by atoms with Crippen LogP contribution in [0.2, 0.25) is 5.02 Å². The molecular formula is C19H23ClN2O. The van der Waals surface area contributed by atoms with E-state index < -0.39 is 0 Å². The molecule has 1 aromatic carbocycles. The number of nitrogens with one attached hydrogen (secondary N) is 1. The molecule has 0 saturated carbocycles. The number of aromatic nitrogens is 1. The van der Waals surface area contributed by atoms with Gasteiger partial charge >= 0.3 is 0 Å². The second kappa shape index (κ2) is 6.20. The molecule has 0 radical (unpaired) electrons. The molecule has 1 atom stereocenters. The molecule has 4 rings (SSSR count). The van der Waals surface area contributed by atoms with E-state index in [2.05, 4.69) is 9.88 Å². The number of carbonyl (C=O) groups is 1. The first-order chi connectivity index (χ1) is 11.2. The van der Waals surface area contributed by atoms with Gasteiger partial charge in [0.05, 0.1) is 0 Å². The lowest BCUT2D eigenvalue weighted by Crippen LogP contribution is -2.38. The Bertz CT molecular complexity index is 728. The van der Waals surface area contributed by atoms with E-state index in [1.807, 2.05) is 18.2 Å². The topological polar surface area (TPSA) is 36.1 Å². The van der Waals surface area contributed by atoms with Crippen LogP contribution in [0.5, 0.6) is 0 Å². The van der Waals surface area contributed by atoms with Crippen molar-refractivity contribution in [3.8, 4) is 0 Å². The SMILES string of the molecule is O=C(C1CCc2[nH]c3ccc(Cl)cc3c2C1)N1CCCCCC1. The first-order valence-corrected chi connectivity index (χ1v) is 9.18. The predicted octanol–water partition coefficient (Wildman–Crippen LogP) is 4.33. The lowest BCUT2D eigenvalue weighted by Gasteiger charge is -2.28. The van der Waals surface area contributed by atoms with Crippen molar-refractivity contribution in [2.75, 3.05) is 13.1 Å². The van der Waals surface area contributed by atoms with E-state index in [4.69, 9.17) is 11.6 Å². The number of benzene rings is 1. The van der Waals surface area contributed by atoms with E-state index >= 15 is 0 Å². The average Bonchev–Trinajstić information content (AvgIpc) is 2.74. The number of hydrogen-bond donors (Lipinski definition) is 1. The second-order valence-electron chi connectivity index (χ2n) is 6.95. The molecule has 1 N–H and O–H groups in total. The van der Waals surface area contributed by atoms with E-state index in [1.54, 1.807) is 0 Å². The third-order valence-corrected chi connectivity index (χ3v) is 5.65. The third kappa shape index (κ3) is 2.87. The monoisotopic (exact) mass is 330 g/mol. The average molecular weight is 331 g/mol. The molecule has 1 fully saturated rings. The molecule has 2 aliphatic rings. The minimum Gasteiger partial charge on any atom is -0.358 e. The van der Waals surface area contributed by atoms with E-state index in [1.165, 1.54) is 29.5 Å². The highest BCUT2D eigenvalue weighted by Gasteiger charge is 2.30. The number of nitrogens with zero attached hydrogens (tertiary/aromatic N) is 1. The fourth-order valence-corrected chi connectivity index (χ4v) is 4.32. The summed E-state index contributed by atoms with van der Waals surface area (Å²) >= 11 is 6.17. The quantitative estimate of drug-likeness (QED) is 0.830. The fraction of sp³-hybridized carbons (Fsp3) is 0.526. The number of carbonyl (C=O) groups excluding carboxylic acids is 1. The van der Waals surface area contributed by atoms with Crippen molar-refractivity contribution in [2.45, 2.75) is 44.9 Å². The van der Waals surface area contributed by atoms with Crippen LogP contribution in [0.15, 0.2) is 18.2 Å². The van der Waals surface area contributed by atoms with Gasteiger partial charge in [0.2, 0.25) is 5.91 Å². The van der Waals surface area contributed by atoms with Crippen molar-refractivity contribution >= 4 is 28.4 Å². The first-order valence-electron chi connectivity index (χ1n) is 8.80. The second-order valence-corrected chi connectivity index (χ2v) is 7.39. The van der Waals surface area contributed by atoms with E-state index in [0.717, 1.165) is 55.7 Å². The molecule has 1 aliphatic carbocycles. The smallest absolute Gasteiger partial charge is 0.226 e. The van der Waals surface area contributed by atoms with Gasteiger partial charge in [0.25, 0.3) is 0 Å². The highest BCUT2D eigenvalue weighted by atomic mass is 35.5. The summed E-state index contributed by atoms with van der Waals surface area (Å²) in [5.41, 5.74) is 3.74. The Balaban J connectivity index is 1.59. The van der Waals surface area contributed by atoms with Crippen LogP contribution in [0.4, 0.5) is 0 Å². The van der Waals surface area contributed by atoms with Gasteiger partial charge in [-0.3, -0.25) is 4.79 Å². The summed E-state index contributed by atoms with van der Waals surface area (Å²) in [6.07, 6.45) is 7.62. The molecule has 0 spiro atoms. The number of hydrogen-bond acceptors (Lipinski definition) is 1. The number of aromatic amines is 1. The van der Waals surface area contributed by atoms with Gasteiger partial charge in [-0.25, -0.2) is 0 Å². The molecule has 1 saturated heterocycles. The van der Waals surface area contributed by atoms with Gasteiger partial charge in [-0.2, -0.15) is 0 Å². The number of amides is 1. The molecule has 23 heavy (non-hydrogen) atoms. The number of H-pyrrole nitrogens is 1. The summed E-state index contributed by atoms with van der Waals surface area (Å²) in [6, 6.07) is 6.00. The van der Waals surface area contributed by atoms with Crippen LogP contribution in [-0.4, -0.2) is 28.9 Å². The predicted molar refractivity (Wildman–Crippen MR) is 93.9 cm³/mol. The highest BCUT2D eigenvalue weighted by molar-refractivity contribution is 6.31. The van der Waals surface area contributed by atoms with E-state index in [-0.39, 0.29) is 5.92 Å². The van der Waals surface area contributed by atoms with Gasteiger partial charge in [-0.05, 0) is 55.9 Å². The Morgan fingerprint density at radius 2 is 1.96 bits per heavy atom. The van der Waals surface area contributed by atoms with Crippen molar-refractivity contribution in [2.24, 2.45) is 5.92 Å². The molecule has 3 nitrogen and oxygen atoms in total. The van der Waals surface area contributed by atoms with Gasteiger partial charge < -0.3 is 9.88 Å². The van der Waals surface area contributed by atoms with Crippen LogP contribution in [0.1, 0.15) is 43.4 Å². The number of halogens is 1. The van der Waals surface area contributed by atoms with Crippen molar-refractivity contribution in [1.29, 1.82) is 0 Å². The van der Waals surface area contributed by atoms with Crippen LogP contribution in [0.25, 0.3) is 10.9 Å². The van der Waals surface area contributed by atoms with Gasteiger partial charge in [-0.1, -0.05) is 24.4 Å². The number of likely N-dealkylation sites (tertiary alicyclic amines) is 1. The standard InChI is InChI=1S/C19H23ClN2O/c20-14-6-8-18-16(12-14)15-11-13(5-7-17(15)21-18)19(23)22-9-3-1-2-4-10-22/h6,8,12-13,21H,1-5,7,9-11H2. The summed E-state index contributed by atoms with van der Waals surface area (Å²) < 4.78 is 0. The van der Waals surface area contributed by atoms with Crippen molar-refractivity contribution in [3.63, 3.8) is 0 Å². The normalized spacial score (nSPS) is 22.0. The first kappa shape index (κ1) is 15.1. The summed E-state index contributed by atoms with van der Waals surface area (Å²) in [4.78, 5) is 18.6.